The molecule has 0 spiro atoms. The van der Waals surface area contributed by atoms with Crippen LogP contribution in [-0.2, 0) is 4.79 Å². The standard InChI is InChI=1S/C16H14N2O/c19-16(18-14-7-2-1-3-8-14)13-10-12-6-4-5-9-15(12)17-11-13/h1-10,17H,11H2,(H,18,19). The Kier molecular flexibility index (Phi) is 3.02. The van der Waals surface area contributed by atoms with E-state index in [-0.39, 0.29) is 5.91 Å². The van der Waals surface area contributed by atoms with E-state index in [1.54, 1.807) is 0 Å². The summed E-state index contributed by atoms with van der Waals surface area (Å²) >= 11 is 0. The Morgan fingerprint density at radius 2 is 1.74 bits per heavy atom. The molecule has 2 aromatic rings. The third-order valence-electron chi connectivity index (χ3n) is 3.08. The number of anilines is 2. The lowest BCUT2D eigenvalue weighted by Crippen LogP contribution is -2.22. The molecule has 0 bridgehead atoms. The quantitative estimate of drug-likeness (QED) is 0.859. The summed E-state index contributed by atoms with van der Waals surface area (Å²) in [6.45, 7) is 0.551. The van der Waals surface area contributed by atoms with Crippen LogP contribution in [0.3, 0.4) is 0 Å². The summed E-state index contributed by atoms with van der Waals surface area (Å²) in [5, 5.41) is 6.15. The SMILES string of the molecule is O=C(Nc1ccccc1)C1=Cc2ccccc2NC1. The van der Waals surface area contributed by atoms with Crippen molar-refractivity contribution in [2.75, 3.05) is 17.2 Å². The maximum Gasteiger partial charge on any atom is 0.253 e. The van der Waals surface area contributed by atoms with Gasteiger partial charge >= 0.3 is 0 Å². The van der Waals surface area contributed by atoms with E-state index < -0.39 is 0 Å². The van der Waals surface area contributed by atoms with Crippen molar-refractivity contribution in [3.05, 3.63) is 65.7 Å². The van der Waals surface area contributed by atoms with E-state index in [0.717, 1.165) is 22.5 Å². The summed E-state index contributed by atoms with van der Waals surface area (Å²) in [6, 6.07) is 17.4. The van der Waals surface area contributed by atoms with Gasteiger partial charge in [0.25, 0.3) is 5.91 Å². The van der Waals surface area contributed by atoms with Gasteiger partial charge in [0.15, 0.2) is 0 Å². The molecule has 0 radical (unpaired) electrons. The fourth-order valence-electron chi connectivity index (χ4n) is 2.09. The molecule has 0 saturated heterocycles. The third kappa shape index (κ3) is 2.50. The number of hydrogen-bond donors (Lipinski definition) is 2. The zero-order valence-corrected chi connectivity index (χ0v) is 10.4. The van der Waals surface area contributed by atoms with E-state index in [4.69, 9.17) is 0 Å². The molecule has 3 rings (SSSR count). The van der Waals surface area contributed by atoms with Gasteiger partial charge in [0, 0.05) is 23.5 Å². The Morgan fingerprint density at radius 3 is 2.58 bits per heavy atom. The van der Waals surface area contributed by atoms with E-state index in [1.807, 2.05) is 60.7 Å². The maximum atomic E-state index is 12.2. The first-order chi connectivity index (χ1) is 9.33. The molecule has 19 heavy (non-hydrogen) atoms. The summed E-state index contributed by atoms with van der Waals surface area (Å²) in [7, 11) is 0. The Hall–Kier alpha value is -2.55. The van der Waals surface area contributed by atoms with Gasteiger partial charge in [0.1, 0.15) is 0 Å². The second kappa shape index (κ2) is 4.98. The first kappa shape index (κ1) is 11.5. The number of carbonyl (C=O) groups excluding carboxylic acids is 1. The molecule has 0 fully saturated rings. The van der Waals surface area contributed by atoms with Crippen LogP contribution in [0.2, 0.25) is 0 Å². The lowest BCUT2D eigenvalue weighted by atomic mass is 10.0. The number of hydrogen-bond acceptors (Lipinski definition) is 2. The monoisotopic (exact) mass is 250 g/mol. The zero-order valence-electron chi connectivity index (χ0n) is 10.4. The normalized spacial score (nSPS) is 12.9. The van der Waals surface area contributed by atoms with Crippen molar-refractivity contribution in [3.8, 4) is 0 Å². The summed E-state index contributed by atoms with van der Waals surface area (Å²) < 4.78 is 0. The number of fused-ring (bicyclic) bond motifs is 1. The Labute approximate surface area is 112 Å². The maximum absolute atomic E-state index is 12.2. The molecule has 2 aromatic carbocycles. The van der Waals surface area contributed by atoms with Crippen molar-refractivity contribution in [1.29, 1.82) is 0 Å². The van der Waals surface area contributed by atoms with Crippen LogP contribution in [0.25, 0.3) is 6.08 Å². The summed E-state index contributed by atoms with van der Waals surface area (Å²) in [5.41, 5.74) is 3.67. The minimum atomic E-state index is -0.0618. The van der Waals surface area contributed by atoms with E-state index in [1.165, 1.54) is 0 Å². The highest BCUT2D eigenvalue weighted by atomic mass is 16.1. The van der Waals surface area contributed by atoms with E-state index in [0.29, 0.717) is 6.54 Å². The minimum absolute atomic E-state index is 0.0618. The zero-order chi connectivity index (χ0) is 13.1. The van der Waals surface area contributed by atoms with Gasteiger partial charge in [-0.25, -0.2) is 0 Å². The molecule has 3 heteroatoms. The van der Waals surface area contributed by atoms with Crippen LogP contribution < -0.4 is 10.6 Å². The second-order valence-corrected chi connectivity index (χ2v) is 4.43. The Morgan fingerprint density at radius 1 is 1.00 bits per heavy atom. The Balaban J connectivity index is 1.80. The van der Waals surface area contributed by atoms with Crippen LogP contribution in [0.5, 0.6) is 0 Å². The molecule has 0 aliphatic carbocycles. The molecule has 2 N–H and O–H groups in total. The summed E-state index contributed by atoms with van der Waals surface area (Å²) in [4.78, 5) is 12.2. The predicted octanol–water partition coefficient (Wildman–Crippen LogP) is 3.13. The molecule has 0 unspecified atom stereocenters. The third-order valence-corrected chi connectivity index (χ3v) is 3.08. The molecule has 0 saturated carbocycles. The van der Waals surface area contributed by atoms with Gasteiger partial charge in [-0.05, 0) is 29.8 Å². The smallest absolute Gasteiger partial charge is 0.253 e. The first-order valence-corrected chi connectivity index (χ1v) is 6.23. The number of para-hydroxylation sites is 2. The van der Waals surface area contributed by atoms with Gasteiger partial charge in [-0.2, -0.15) is 0 Å². The van der Waals surface area contributed by atoms with Gasteiger partial charge in [-0.1, -0.05) is 36.4 Å². The number of nitrogens with one attached hydrogen (secondary N) is 2. The van der Waals surface area contributed by atoms with E-state index >= 15 is 0 Å². The molecule has 1 aliphatic heterocycles. The number of benzene rings is 2. The minimum Gasteiger partial charge on any atom is -0.380 e. The highest BCUT2D eigenvalue weighted by Gasteiger charge is 2.15. The van der Waals surface area contributed by atoms with Crippen LogP contribution in [-0.4, -0.2) is 12.5 Å². The van der Waals surface area contributed by atoms with Gasteiger partial charge in [0.2, 0.25) is 0 Å². The lowest BCUT2D eigenvalue weighted by Gasteiger charge is -2.18. The van der Waals surface area contributed by atoms with Crippen molar-refractivity contribution >= 4 is 23.4 Å². The molecule has 0 aromatic heterocycles. The van der Waals surface area contributed by atoms with Crippen molar-refractivity contribution in [3.63, 3.8) is 0 Å². The molecular weight excluding hydrogens is 236 g/mol. The van der Waals surface area contributed by atoms with Crippen LogP contribution in [0, 0.1) is 0 Å². The van der Waals surface area contributed by atoms with Crippen LogP contribution in [0.15, 0.2) is 60.2 Å². The highest BCUT2D eigenvalue weighted by molar-refractivity contribution is 6.08. The summed E-state index contributed by atoms with van der Waals surface area (Å²) in [6.07, 6.45) is 1.93. The molecule has 3 nitrogen and oxygen atoms in total. The van der Waals surface area contributed by atoms with E-state index in [9.17, 15) is 4.79 Å². The Bertz CT molecular complexity index is 632. The summed E-state index contributed by atoms with van der Waals surface area (Å²) in [5.74, 6) is -0.0618. The molecule has 94 valence electrons. The second-order valence-electron chi connectivity index (χ2n) is 4.43. The molecule has 1 heterocycles. The molecule has 1 amide bonds. The van der Waals surface area contributed by atoms with Gasteiger partial charge in [-0.3, -0.25) is 4.79 Å². The number of rotatable bonds is 2. The molecular formula is C16H14N2O. The van der Waals surface area contributed by atoms with Crippen LogP contribution >= 0.6 is 0 Å². The molecule has 1 aliphatic rings. The fraction of sp³-hybridized carbons (Fsp3) is 0.0625. The fourth-order valence-corrected chi connectivity index (χ4v) is 2.09. The first-order valence-electron chi connectivity index (χ1n) is 6.23. The van der Waals surface area contributed by atoms with Gasteiger partial charge in [-0.15, -0.1) is 0 Å². The van der Waals surface area contributed by atoms with Crippen LogP contribution in [0.1, 0.15) is 5.56 Å². The van der Waals surface area contributed by atoms with Crippen molar-refractivity contribution < 1.29 is 4.79 Å². The van der Waals surface area contributed by atoms with Gasteiger partial charge in [0.05, 0.1) is 0 Å². The van der Waals surface area contributed by atoms with E-state index in [2.05, 4.69) is 10.6 Å². The lowest BCUT2D eigenvalue weighted by molar-refractivity contribution is -0.112. The predicted molar refractivity (Wildman–Crippen MR) is 78.0 cm³/mol. The number of carbonyl (C=O) groups is 1. The van der Waals surface area contributed by atoms with Crippen molar-refractivity contribution in [2.45, 2.75) is 0 Å². The molecule has 0 atom stereocenters. The largest absolute Gasteiger partial charge is 0.380 e. The van der Waals surface area contributed by atoms with Crippen molar-refractivity contribution in [1.82, 2.24) is 0 Å². The topological polar surface area (TPSA) is 41.1 Å². The van der Waals surface area contributed by atoms with Gasteiger partial charge < -0.3 is 10.6 Å². The number of amides is 1. The average Bonchev–Trinajstić information content (AvgIpc) is 2.48. The average molecular weight is 250 g/mol. The van der Waals surface area contributed by atoms with Crippen LogP contribution in [0.4, 0.5) is 11.4 Å². The highest BCUT2D eigenvalue weighted by Crippen LogP contribution is 2.23. The van der Waals surface area contributed by atoms with Crippen molar-refractivity contribution in [2.24, 2.45) is 0 Å².